The lowest BCUT2D eigenvalue weighted by Gasteiger charge is -2.03. The highest BCUT2D eigenvalue weighted by Crippen LogP contribution is 2.24. The molecular weight excluding hydrogens is 394 g/mol. The minimum atomic E-state index is -0.225. The van der Waals surface area contributed by atoms with Crippen molar-refractivity contribution in [3.05, 3.63) is 102 Å². The Morgan fingerprint density at radius 1 is 0.933 bits per heavy atom. The molecule has 0 aliphatic heterocycles. The van der Waals surface area contributed by atoms with Gasteiger partial charge in [0, 0.05) is 12.1 Å². The molecule has 0 bridgehead atoms. The molecule has 1 amide bonds. The molecule has 30 heavy (non-hydrogen) atoms. The summed E-state index contributed by atoms with van der Waals surface area (Å²) in [6.45, 7) is 2.52. The van der Waals surface area contributed by atoms with E-state index in [0.717, 1.165) is 21.8 Å². The summed E-state index contributed by atoms with van der Waals surface area (Å²) in [6.07, 6.45) is 0. The molecule has 0 unspecified atom stereocenters. The number of nitrogens with one attached hydrogen (secondary N) is 1. The van der Waals surface area contributed by atoms with E-state index >= 15 is 0 Å². The Kier molecular flexibility index (Phi) is 6.25. The molecule has 1 N–H and O–H groups in total. The topological polar surface area (TPSA) is 68.0 Å². The number of aryl methyl sites for hydroxylation is 1. The third-order valence-electron chi connectivity index (χ3n) is 4.53. The Morgan fingerprint density at radius 3 is 2.47 bits per heavy atom. The number of carbonyl (C=O) groups is 1. The summed E-state index contributed by atoms with van der Waals surface area (Å²) in [6, 6.07) is 25.4. The molecule has 0 saturated carbocycles. The minimum Gasteiger partial charge on any atom is -0.455 e. The molecule has 0 atom stereocenters. The summed E-state index contributed by atoms with van der Waals surface area (Å²) >= 11 is 1.52. The van der Waals surface area contributed by atoms with Crippen LogP contribution in [0, 0.1) is 6.92 Å². The van der Waals surface area contributed by atoms with Gasteiger partial charge in [-0.05, 0) is 36.8 Å². The number of aromatic nitrogens is 2. The van der Waals surface area contributed by atoms with E-state index < -0.39 is 0 Å². The molecular formula is C24H21N3O2S. The van der Waals surface area contributed by atoms with Gasteiger partial charge in [0.15, 0.2) is 5.76 Å². The van der Waals surface area contributed by atoms with Crippen LogP contribution < -0.4 is 5.32 Å². The number of amides is 1. The first kappa shape index (κ1) is 19.9. The molecule has 0 fully saturated rings. The van der Waals surface area contributed by atoms with Crippen molar-refractivity contribution in [3.63, 3.8) is 0 Å². The smallest absolute Gasteiger partial charge is 0.287 e. The zero-order valence-corrected chi connectivity index (χ0v) is 17.4. The van der Waals surface area contributed by atoms with E-state index in [9.17, 15) is 4.79 Å². The fraction of sp³-hybridized carbons (Fsp3) is 0.125. The highest BCUT2D eigenvalue weighted by atomic mass is 32.2. The number of carbonyl (C=O) groups excluding carboxylic acids is 1. The van der Waals surface area contributed by atoms with Gasteiger partial charge in [0.1, 0.15) is 10.8 Å². The fourth-order valence-corrected chi connectivity index (χ4v) is 3.57. The molecule has 6 heteroatoms. The van der Waals surface area contributed by atoms with Crippen molar-refractivity contribution in [2.75, 3.05) is 0 Å². The predicted octanol–water partition coefficient (Wildman–Crippen LogP) is 5.27. The van der Waals surface area contributed by atoms with E-state index in [1.807, 2.05) is 60.7 Å². The van der Waals surface area contributed by atoms with Crippen LogP contribution >= 0.6 is 11.8 Å². The monoisotopic (exact) mass is 415 g/mol. The van der Waals surface area contributed by atoms with Crippen LogP contribution in [0.2, 0.25) is 0 Å². The van der Waals surface area contributed by atoms with Crippen LogP contribution in [-0.4, -0.2) is 16.1 Å². The first-order valence-corrected chi connectivity index (χ1v) is 10.6. The first-order valence-electron chi connectivity index (χ1n) is 9.62. The van der Waals surface area contributed by atoms with Gasteiger partial charge in [-0.15, -0.1) is 10.2 Å². The zero-order valence-electron chi connectivity index (χ0n) is 16.5. The van der Waals surface area contributed by atoms with Crippen molar-refractivity contribution in [1.29, 1.82) is 0 Å². The summed E-state index contributed by atoms with van der Waals surface area (Å²) in [5.41, 5.74) is 4.14. The second kappa shape index (κ2) is 9.41. The number of hydrogen-bond donors (Lipinski definition) is 1. The lowest BCUT2D eigenvalue weighted by Crippen LogP contribution is -2.22. The van der Waals surface area contributed by atoms with E-state index in [1.54, 1.807) is 6.07 Å². The second-order valence-corrected chi connectivity index (χ2v) is 7.84. The standard InChI is InChI=1S/C24H21N3O2S/c1-17-7-9-19(10-8-17)21-12-14-23(27-26-21)30-16-20-11-13-22(29-20)24(28)25-15-18-5-3-2-4-6-18/h2-14H,15-16H2,1H3,(H,25,28). The van der Waals surface area contributed by atoms with E-state index in [0.29, 0.717) is 23.8 Å². The van der Waals surface area contributed by atoms with Crippen LogP contribution in [-0.2, 0) is 12.3 Å². The normalized spacial score (nSPS) is 10.7. The van der Waals surface area contributed by atoms with Gasteiger partial charge in [-0.2, -0.15) is 0 Å². The molecule has 0 saturated heterocycles. The molecule has 0 spiro atoms. The van der Waals surface area contributed by atoms with E-state index in [4.69, 9.17) is 4.42 Å². The third-order valence-corrected chi connectivity index (χ3v) is 5.47. The summed E-state index contributed by atoms with van der Waals surface area (Å²) < 4.78 is 5.68. The van der Waals surface area contributed by atoms with E-state index in [1.165, 1.54) is 17.3 Å². The van der Waals surface area contributed by atoms with E-state index in [2.05, 4.69) is 34.6 Å². The van der Waals surface area contributed by atoms with Crippen LogP contribution in [0.4, 0.5) is 0 Å². The Labute approximate surface area is 179 Å². The maximum Gasteiger partial charge on any atom is 0.287 e. The van der Waals surface area contributed by atoms with E-state index in [-0.39, 0.29) is 5.91 Å². The number of rotatable bonds is 7. The molecule has 4 aromatic rings. The van der Waals surface area contributed by atoms with Gasteiger partial charge in [-0.25, -0.2) is 0 Å². The van der Waals surface area contributed by atoms with Gasteiger partial charge in [-0.1, -0.05) is 71.9 Å². The molecule has 4 rings (SSSR count). The van der Waals surface area contributed by atoms with Crippen molar-refractivity contribution in [3.8, 4) is 11.3 Å². The molecule has 150 valence electrons. The lowest BCUT2D eigenvalue weighted by molar-refractivity contribution is 0.0921. The van der Waals surface area contributed by atoms with Gasteiger partial charge < -0.3 is 9.73 Å². The van der Waals surface area contributed by atoms with Crippen LogP contribution in [0.1, 0.15) is 27.4 Å². The number of hydrogen-bond acceptors (Lipinski definition) is 5. The summed E-state index contributed by atoms with van der Waals surface area (Å²) in [5.74, 6) is 1.37. The predicted molar refractivity (Wildman–Crippen MR) is 118 cm³/mol. The van der Waals surface area contributed by atoms with Gasteiger partial charge in [-0.3, -0.25) is 4.79 Å². The SMILES string of the molecule is Cc1ccc(-c2ccc(SCc3ccc(C(=O)NCc4ccccc4)o3)nn2)cc1. The van der Waals surface area contributed by atoms with Crippen molar-refractivity contribution >= 4 is 17.7 Å². The average molecular weight is 416 g/mol. The highest BCUT2D eigenvalue weighted by molar-refractivity contribution is 7.98. The fourth-order valence-electron chi connectivity index (χ4n) is 2.86. The largest absolute Gasteiger partial charge is 0.455 e. The summed E-state index contributed by atoms with van der Waals surface area (Å²) in [5, 5.41) is 12.3. The Balaban J connectivity index is 1.30. The number of nitrogens with zero attached hydrogens (tertiary/aromatic N) is 2. The maximum atomic E-state index is 12.3. The second-order valence-electron chi connectivity index (χ2n) is 6.85. The molecule has 0 aliphatic carbocycles. The van der Waals surface area contributed by atoms with Crippen LogP contribution in [0.5, 0.6) is 0 Å². The zero-order chi connectivity index (χ0) is 20.8. The van der Waals surface area contributed by atoms with Crippen LogP contribution in [0.3, 0.4) is 0 Å². The van der Waals surface area contributed by atoms with Crippen LogP contribution in [0.25, 0.3) is 11.3 Å². The van der Waals surface area contributed by atoms with Gasteiger partial charge in [0.05, 0.1) is 11.4 Å². The minimum absolute atomic E-state index is 0.225. The highest BCUT2D eigenvalue weighted by Gasteiger charge is 2.11. The van der Waals surface area contributed by atoms with Gasteiger partial charge in [0.25, 0.3) is 5.91 Å². The summed E-state index contributed by atoms with van der Waals surface area (Å²) in [7, 11) is 0. The van der Waals surface area contributed by atoms with Crippen molar-refractivity contribution < 1.29 is 9.21 Å². The molecule has 0 radical (unpaired) electrons. The lowest BCUT2D eigenvalue weighted by atomic mass is 10.1. The molecule has 2 aromatic carbocycles. The molecule has 2 aromatic heterocycles. The number of benzene rings is 2. The average Bonchev–Trinajstić information content (AvgIpc) is 3.27. The molecule has 2 heterocycles. The molecule has 0 aliphatic rings. The third kappa shape index (κ3) is 5.15. The van der Waals surface area contributed by atoms with Crippen LogP contribution in [0.15, 0.2) is 88.3 Å². The molecule has 5 nitrogen and oxygen atoms in total. The van der Waals surface area contributed by atoms with Crippen molar-refractivity contribution in [2.45, 2.75) is 24.2 Å². The number of furan rings is 1. The summed E-state index contributed by atoms with van der Waals surface area (Å²) in [4.78, 5) is 12.3. The van der Waals surface area contributed by atoms with Gasteiger partial charge in [0.2, 0.25) is 0 Å². The maximum absolute atomic E-state index is 12.3. The first-order chi connectivity index (χ1) is 14.7. The van der Waals surface area contributed by atoms with Gasteiger partial charge >= 0.3 is 0 Å². The quantitative estimate of drug-likeness (QED) is 0.417. The Hall–Kier alpha value is -3.38. The van der Waals surface area contributed by atoms with Crippen molar-refractivity contribution in [2.24, 2.45) is 0 Å². The number of thioether (sulfide) groups is 1. The Morgan fingerprint density at radius 2 is 1.73 bits per heavy atom. The van der Waals surface area contributed by atoms with Crippen molar-refractivity contribution in [1.82, 2.24) is 15.5 Å². The Bertz CT molecular complexity index is 1110.